The fraction of sp³-hybridized carbons (Fsp3) is 0.733. The Morgan fingerprint density at radius 2 is 2.33 bits per heavy atom. The molecular weight excluding hydrogens is 286 g/mol. The second-order valence-electron chi connectivity index (χ2n) is 6.13. The van der Waals surface area contributed by atoms with Gasteiger partial charge >= 0.3 is 6.03 Å². The molecule has 1 fully saturated rings. The van der Waals surface area contributed by atoms with Gasteiger partial charge < -0.3 is 15.7 Å². The molecule has 1 aliphatic rings. The summed E-state index contributed by atoms with van der Waals surface area (Å²) in [4.78, 5) is 16.8. The summed E-state index contributed by atoms with van der Waals surface area (Å²) >= 11 is 1.61. The third-order valence-corrected chi connectivity index (χ3v) is 5.19. The molecule has 0 aliphatic heterocycles. The monoisotopic (exact) mass is 311 g/mol. The van der Waals surface area contributed by atoms with Crippen molar-refractivity contribution < 1.29 is 9.90 Å². The van der Waals surface area contributed by atoms with Crippen LogP contribution in [0.2, 0.25) is 0 Å². The van der Waals surface area contributed by atoms with Gasteiger partial charge in [-0.05, 0) is 45.4 Å². The number of hydrogen-bond acceptors (Lipinski definition) is 4. The Kier molecular flexibility index (Phi) is 5.22. The number of rotatable bonds is 7. The molecule has 0 spiro atoms. The van der Waals surface area contributed by atoms with E-state index in [1.165, 1.54) is 0 Å². The average Bonchev–Trinajstić information content (AvgIpc) is 3.18. The van der Waals surface area contributed by atoms with E-state index in [2.05, 4.69) is 15.6 Å². The fourth-order valence-corrected chi connectivity index (χ4v) is 3.29. The molecule has 2 rings (SSSR count). The number of nitrogens with zero attached hydrogens (tertiary/aromatic N) is 1. The molecule has 2 unspecified atom stereocenters. The molecular formula is C15H25N3O2S. The Bertz CT molecular complexity index is 487. The molecule has 1 aromatic rings. The highest BCUT2D eigenvalue weighted by Crippen LogP contribution is 2.41. The Hall–Kier alpha value is -1.14. The summed E-state index contributed by atoms with van der Waals surface area (Å²) in [6.07, 6.45) is 3.63. The summed E-state index contributed by atoms with van der Waals surface area (Å²) in [5.74, 6) is 0.507. The van der Waals surface area contributed by atoms with Gasteiger partial charge in [-0.25, -0.2) is 9.78 Å². The molecule has 0 radical (unpaired) electrons. The van der Waals surface area contributed by atoms with Gasteiger partial charge in [0.15, 0.2) is 0 Å². The molecule has 2 atom stereocenters. The maximum atomic E-state index is 12.3. The fourth-order valence-electron chi connectivity index (χ4n) is 2.35. The number of aliphatic hydroxyl groups excluding tert-OH is 1. The first kappa shape index (κ1) is 16.2. The summed E-state index contributed by atoms with van der Waals surface area (Å²) < 4.78 is 0. The van der Waals surface area contributed by atoms with Crippen molar-refractivity contribution >= 4 is 17.4 Å². The van der Waals surface area contributed by atoms with E-state index in [1.807, 2.05) is 26.2 Å². The van der Waals surface area contributed by atoms with E-state index in [4.69, 9.17) is 5.11 Å². The number of thiazole rings is 1. The standard InChI is InChI=1S/C15H25N3O2S/c1-4-15(3,7-8-19)18-14(20)17-12(11-5-6-11)13-16-10(2)9-21-13/h9,11-12,19H,4-8H2,1-3H3,(H2,17,18,20). The van der Waals surface area contributed by atoms with Crippen molar-refractivity contribution in [1.82, 2.24) is 15.6 Å². The maximum Gasteiger partial charge on any atom is 0.315 e. The predicted molar refractivity (Wildman–Crippen MR) is 84.4 cm³/mol. The molecule has 2 amide bonds. The lowest BCUT2D eigenvalue weighted by Gasteiger charge is -2.30. The number of aliphatic hydroxyl groups is 1. The lowest BCUT2D eigenvalue weighted by atomic mass is 9.95. The summed E-state index contributed by atoms with van der Waals surface area (Å²) in [6, 6.07) is -0.156. The summed E-state index contributed by atoms with van der Waals surface area (Å²) in [5.41, 5.74) is 0.632. The molecule has 1 heterocycles. The van der Waals surface area contributed by atoms with Crippen LogP contribution in [0.1, 0.15) is 56.3 Å². The summed E-state index contributed by atoms with van der Waals surface area (Å²) in [6.45, 7) is 6.02. The highest BCUT2D eigenvalue weighted by atomic mass is 32.1. The zero-order valence-electron chi connectivity index (χ0n) is 13.0. The molecule has 21 heavy (non-hydrogen) atoms. The van der Waals surface area contributed by atoms with Crippen LogP contribution in [0, 0.1) is 12.8 Å². The van der Waals surface area contributed by atoms with Gasteiger partial charge in [0.05, 0.1) is 6.04 Å². The molecule has 5 nitrogen and oxygen atoms in total. The maximum absolute atomic E-state index is 12.3. The van der Waals surface area contributed by atoms with Gasteiger partial charge in [-0.15, -0.1) is 11.3 Å². The highest BCUT2D eigenvalue weighted by molar-refractivity contribution is 7.09. The minimum atomic E-state index is -0.369. The molecule has 118 valence electrons. The normalized spacial score (nSPS) is 18.9. The topological polar surface area (TPSA) is 74.2 Å². The van der Waals surface area contributed by atoms with Crippen LogP contribution in [0.5, 0.6) is 0 Å². The van der Waals surface area contributed by atoms with Crippen LogP contribution >= 0.6 is 11.3 Å². The van der Waals surface area contributed by atoms with Crippen LogP contribution in [-0.2, 0) is 0 Å². The molecule has 1 saturated carbocycles. The molecule has 1 aromatic heterocycles. The zero-order chi connectivity index (χ0) is 15.5. The van der Waals surface area contributed by atoms with Gasteiger partial charge in [-0.3, -0.25) is 0 Å². The highest BCUT2D eigenvalue weighted by Gasteiger charge is 2.36. The van der Waals surface area contributed by atoms with Crippen LogP contribution in [0.15, 0.2) is 5.38 Å². The van der Waals surface area contributed by atoms with E-state index in [1.54, 1.807) is 11.3 Å². The number of aryl methyl sites for hydroxylation is 1. The van der Waals surface area contributed by atoms with Crippen LogP contribution < -0.4 is 10.6 Å². The predicted octanol–water partition coefficient (Wildman–Crippen LogP) is 2.75. The van der Waals surface area contributed by atoms with Crippen molar-refractivity contribution in [2.45, 2.75) is 58.0 Å². The van der Waals surface area contributed by atoms with Crippen LogP contribution in [0.4, 0.5) is 4.79 Å². The van der Waals surface area contributed by atoms with Gasteiger partial charge in [-0.1, -0.05) is 6.92 Å². The number of carbonyl (C=O) groups excluding carboxylic acids is 1. The molecule has 0 bridgehead atoms. The van der Waals surface area contributed by atoms with Gasteiger partial charge in [0, 0.05) is 23.2 Å². The van der Waals surface area contributed by atoms with E-state index in [0.29, 0.717) is 12.3 Å². The number of urea groups is 1. The number of hydrogen-bond donors (Lipinski definition) is 3. The Balaban J connectivity index is 1.99. The van der Waals surface area contributed by atoms with Crippen molar-refractivity contribution in [3.63, 3.8) is 0 Å². The van der Waals surface area contributed by atoms with E-state index in [9.17, 15) is 4.79 Å². The lowest BCUT2D eigenvalue weighted by Crippen LogP contribution is -2.51. The van der Waals surface area contributed by atoms with Gasteiger partial charge in [0.1, 0.15) is 5.01 Å². The largest absolute Gasteiger partial charge is 0.396 e. The van der Waals surface area contributed by atoms with Crippen molar-refractivity contribution in [3.05, 3.63) is 16.1 Å². The SMILES string of the molecule is CCC(C)(CCO)NC(=O)NC(c1nc(C)cs1)C1CC1. The van der Waals surface area contributed by atoms with Crippen LogP contribution in [0.3, 0.4) is 0 Å². The van der Waals surface area contributed by atoms with E-state index in [-0.39, 0.29) is 24.2 Å². The first-order valence-corrected chi connectivity index (χ1v) is 8.47. The minimum Gasteiger partial charge on any atom is -0.396 e. The minimum absolute atomic E-state index is 0.0129. The second-order valence-corrected chi connectivity index (χ2v) is 7.02. The van der Waals surface area contributed by atoms with E-state index >= 15 is 0 Å². The van der Waals surface area contributed by atoms with Crippen molar-refractivity contribution in [2.24, 2.45) is 5.92 Å². The van der Waals surface area contributed by atoms with Crippen molar-refractivity contribution in [2.75, 3.05) is 6.61 Å². The van der Waals surface area contributed by atoms with Crippen LogP contribution in [-0.4, -0.2) is 28.3 Å². The smallest absolute Gasteiger partial charge is 0.315 e. The lowest BCUT2D eigenvalue weighted by molar-refractivity contribution is 0.197. The number of nitrogens with one attached hydrogen (secondary N) is 2. The molecule has 3 N–H and O–H groups in total. The summed E-state index contributed by atoms with van der Waals surface area (Å²) in [7, 11) is 0. The first-order valence-electron chi connectivity index (χ1n) is 7.59. The summed E-state index contributed by atoms with van der Waals surface area (Å²) in [5, 5.41) is 18.2. The molecule has 6 heteroatoms. The van der Waals surface area contributed by atoms with Gasteiger partial charge in [0.25, 0.3) is 0 Å². The van der Waals surface area contributed by atoms with Gasteiger partial charge in [-0.2, -0.15) is 0 Å². The molecule has 0 saturated heterocycles. The average molecular weight is 311 g/mol. The third kappa shape index (κ3) is 4.41. The Morgan fingerprint density at radius 1 is 1.62 bits per heavy atom. The molecule has 1 aliphatic carbocycles. The first-order chi connectivity index (χ1) is 9.97. The van der Waals surface area contributed by atoms with Crippen molar-refractivity contribution in [3.8, 4) is 0 Å². The van der Waals surface area contributed by atoms with Gasteiger partial charge in [0.2, 0.25) is 0 Å². The van der Waals surface area contributed by atoms with E-state index in [0.717, 1.165) is 30.0 Å². The molecule has 0 aromatic carbocycles. The number of carbonyl (C=O) groups is 1. The Morgan fingerprint density at radius 3 is 2.81 bits per heavy atom. The quantitative estimate of drug-likeness (QED) is 0.725. The Labute approximate surface area is 130 Å². The van der Waals surface area contributed by atoms with Crippen LogP contribution in [0.25, 0.3) is 0 Å². The second kappa shape index (κ2) is 6.75. The number of aromatic nitrogens is 1. The number of amides is 2. The third-order valence-electron chi connectivity index (χ3n) is 4.14. The zero-order valence-corrected chi connectivity index (χ0v) is 13.8. The van der Waals surface area contributed by atoms with Crippen molar-refractivity contribution in [1.29, 1.82) is 0 Å². The van der Waals surface area contributed by atoms with E-state index < -0.39 is 0 Å².